The molecule has 0 aliphatic rings. The number of rotatable bonds is 6. The lowest BCUT2D eigenvalue weighted by Gasteiger charge is -2.11. The van der Waals surface area contributed by atoms with E-state index in [1.807, 2.05) is 6.07 Å². The average molecular weight is 223 g/mol. The van der Waals surface area contributed by atoms with Crippen LogP contribution in [0, 0.1) is 10.1 Å². The first-order chi connectivity index (χ1) is 7.65. The molecule has 0 unspecified atom stereocenters. The Kier molecular flexibility index (Phi) is 4.88. The van der Waals surface area contributed by atoms with Crippen molar-refractivity contribution in [2.24, 2.45) is 11.5 Å². The molecule has 0 amide bonds. The first-order valence-corrected chi connectivity index (χ1v) is 5.35. The van der Waals surface area contributed by atoms with Gasteiger partial charge in [-0.15, -0.1) is 0 Å². The Morgan fingerprint density at radius 2 is 2.12 bits per heavy atom. The number of non-ortho nitro benzene ring substituents is 1. The predicted octanol–water partition coefficient (Wildman–Crippen LogP) is 1.72. The third kappa shape index (κ3) is 3.60. The van der Waals surface area contributed by atoms with Crippen LogP contribution in [-0.4, -0.2) is 11.5 Å². The smallest absolute Gasteiger partial charge is 0.269 e. The van der Waals surface area contributed by atoms with Crippen LogP contribution in [0.5, 0.6) is 0 Å². The summed E-state index contributed by atoms with van der Waals surface area (Å²) in [5, 5.41) is 10.6. The second-order valence-electron chi connectivity index (χ2n) is 3.74. The fourth-order valence-corrected chi connectivity index (χ4v) is 1.54. The standard InChI is InChI=1S/C11H17N3O2/c12-7-2-1-6-11(13)9-4-3-5-10(8-9)14(15)16/h3-5,8,11H,1-2,6-7,12-13H2/t11-/m1/s1. The summed E-state index contributed by atoms with van der Waals surface area (Å²) in [7, 11) is 0. The maximum absolute atomic E-state index is 10.6. The zero-order chi connectivity index (χ0) is 12.0. The molecule has 5 nitrogen and oxygen atoms in total. The molecular formula is C11H17N3O2. The monoisotopic (exact) mass is 223 g/mol. The van der Waals surface area contributed by atoms with E-state index < -0.39 is 4.92 Å². The SMILES string of the molecule is NCCCC[C@@H](N)c1cccc([N+](=O)[O-])c1. The van der Waals surface area contributed by atoms with Crippen LogP contribution in [0.3, 0.4) is 0 Å². The van der Waals surface area contributed by atoms with Gasteiger partial charge in [-0.2, -0.15) is 0 Å². The summed E-state index contributed by atoms with van der Waals surface area (Å²) in [4.78, 5) is 10.2. The Balaban J connectivity index is 2.64. The van der Waals surface area contributed by atoms with Gasteiger partial charge in [-0.25, -0.2) is 0 Å². The lowest BCUT2D eigenvalue weighted by atomic mass is 10.0. The van der Waals surface area contributed by atoms with E-state index in [1.54, 1.807) is 6.07 Å². The summed E-state index contributed by atoms with van der Waals surface area (Å²) in [6.07, 6.45) is 2.68. The molecule has 1 aromatic carbocycles. The Hall–Kier alpha value is -1.46. The van der Waals surface area contributed by atoms with Gasteiger partial charge in [-0.05, 0) is 24.9 Å². The Bertz CT molecular complexity index is 355. The van der Waals surface area contributed by atoms with Gasteiger partial charge in [-0.1, -0.05) is 18.6 Å². The van der Waals surface area contributed by atoms with Gasteiger partial charge in [0.25, 0.3) is 5.69 Å². The molecule has 0 bridgehead atoms. The van der Waals surface area contributed by atoms with Crippen LogP contribution < -0.4 is 11.5 Å². The van der Waals surface area contributed by atoms with Crippen molar-refractivity contribution < 1.29 is 4.92 Å². The Morgan fingerprint density at radius 1 is 1.38 bits per heavy atom. The minimum absolute atomic E-state index is 0.0896. The molecule has 88 valence electrons. The van der Waals surface area contributed by atoms with Gasteiger partial charge in [-0.3, -0.25) is 10.1 Å². The van der Waals surface area contributed by atoms with E-state index in [4.69, 9.17) is 11.5 Å². The molecule has 0 heterocycles. The number of nitro groups is 1. The minimum atomic E-state index is -0.407. The molecule has 0 aliphatic carbocycles. The summed E-state index contributed by atoms with van der Waals surface area (Å²) >= 11 is 0. The second-order valence-corrected chi connectivity index (χ2v) is 3.74. The highest BCUT2D eigenvalue weighted by molar-refractivity contribution is 5.35. The van der Waals surface area contributed by atoms with Crippen molar-refractivity contribution in [3.63, 3.8) is 0 Å². The van der Waals surface area contributed by atoms with Crippen LogP contribution in [-0.2, 0) is 0 Å². The molecule has 4 N–H and O–H groups in total. The minimum Gasteiger partial charge on any atom is -0.330 e. The molecule has 0 saturated heterocycles. The van der Waals surface area contributed by atoms with E-state index in [1.165, 1.54) is 12.1 Å². The van der Waals surface area contributed by atoms with E-state index in [0.29, 0.717) is 6.54 Å². The highest BCUT2D eigenvalue weighted by Crippen LogP contribution is 2.21. The summed E-state index contributed by atoms with van der Waals surface area (Å²) in [6, 6.07) is 6.34. The number of nitro benzene ring substituents is 1. The number of hydrogen-bond donors (Lipinski definition) is 2. The highest BCUT2D eigenvalue weighted by Gasteiger charge is 2.10. The van der Waals surface area contributed by atoms with Crippen LogP contribution in [0.4, 0.5) is 5.69 Å². The number of nitrogens with two attached hydrogens (primary N) is 2. The van der Waals surface area contributed by atoms with Crippen molar-refractivity contribution >= 4 is 5.69 Å². The molecular weight excluding hydrogens is 206 g/mol. The van der Waals surface area contributed by atoms with Crippen molar-refractivity contribution in [3.8, 4) is 0 Å². The van der Waals surface area contributed by atoms with Crippen molar-refractivity contribution in [2.45, 2.75) is 25.3 Å². The fraction of sp³-hybridized carbons (Fsp3) is 0.455. The molecule has 0 spiro atoms. The largest absolute Gasteiger partial charge is 0.330 e. The Morgan fingerprint density at radius 3 is 2.75 bits per heavy atom. The normalized spacial score (nSPS) is 12.4. The van der Waals surface area contributed by atoms with Gasteiger partial charge in [0.1, 0.15) is 0 Å². The van der Waals surface area contributed by atoms with Crippen molar-refractivity contribution in [2.75, 3.05) is 6.54 Å². The van der Waals surface area contributed by atoms with Crippen LogP contribution in [0.15, 0.2) is 24.3 Å². The summed E-state index contributed by atoms with van der Waals surface area (Å²) in [5.41, 5.74) is 12.2. The number of benzene rings is 1. The van der Waals surface area contributed by atoms with Crippen LogP contribution >= 0.6 is 0 Å². The van der Waals surface area contributed by atoms with E-state index >= 15 is 0 Å². The van der Waals surface area contributed by atoms with Crippen LogP contribution in [0.1, 0.15) is 30.9 Å². The number of nitrogens with zero attached hydrogens (tertiary/aromatic N) is 1. The van der Waals surface area contributed by atoms with Gasteiger partial charge in [0.05, 0.1) is 4.92 Å². The van der Waals surface area contributed by atoms with Crippen molar-refractivity contribution in [1.29, 1.82) is 0 Å². The molecule has 0 fully saturated rings. The Labute approximate surface area is 94.6 Å². The average Bonchev–Trinajstić information content (AvgIpc) is 2.29. The van der Waals surface area contributed by atoms with Crippen LogP contribution in [0.25, 0.3) is 0 Å². The number of unbranched alkanes of at least 4 members (excludes halogenated alkanes) is 1. The topological polar surface area (TPSA) is 95.2 Å². The predicted molar refractivity (Wildman–Crippen MR) is 62.9 cm³/mol. The molecule has 0 aliphatic heterocycles. The van der Waals surface area contributed by atoms with Gasteiger partial charge in [0.15, 0.2) is 0 Å². The van der Waals surface area contributed by atoms with Crippen molar-refractivity contribution in [3.05, 3.63) is 39.9 Å². The van der Waals surface area contributed by atoms with E-state index in [9.17, 15) is 10.1 Å². The van der Waals surface area contributed by atoms with E-state index in [2.05, 4.69) is 0 Å². The molecule has 0 radical (unpaired) electrons. The molecule has 1 atom stereocenters. The van der Waals surface area contributed by atoms with Crippen molar-refractivity contribution in [1.82, 2.24) is 0 Å². The zero-order valence-electron chi connectivity index (χ0n) is 9.13. The summed E-state index contributed by atoms with van der Waals surface area (Å²) in [5.74, 6) is 0. The summed E-state index contributed by atoms with van der Waals surface area (Å²) in [6.45, 7) is 0.654. The second kappa shape index (κ2) is 6.19. The third-order valence-electron chi connectivity index (χ3n) is 2.48. The van der Waals surface area contributed by atoms with Gasteiger partial charge < -0.3 is 11.5 Å². The lowest BCUT2D eigenvalue weighted by Crippen LogP contribution is -2.11. The van der Waals surface area contributed by atoms with Gasteiger partial charge in [0, 0.05) is 18.2 Å². The highest BCUT2D eigenvalue weighted by atomic mass is 16.6. The fourth-order valence-electron chi connectivity index (χ4n) is 1.54. The van der Waals surface area contributed by atoms with Crippen LogP contribution in [0.2, 0.25) is 0 Å². The molecule has 5 heteroatoms. The molecule has 0 aromatic heterocycles. The first-order valence-electron chi connectivity index (χ1n) is 5.35. The zero-order valence-corrected chi connectivity index (χ0v) is 9.13. The molecule has 0 saturated carbocycles. The first kappa shape index (κ1) is 12.6. The molecule has 16 heavy (non-hydrogen) atoms. The summed E-state index contributed by atoms with van der Waals surface area (Å²) < 4.78 is 0. The van der Waals surface area contributed by atoms with Gasteiger partial charge in [0.2, 0.25) is 0 Å². The van der Waals surface area contributed by atoms with Gasteiger partial charge >= 0.3 is 0 Å². The molecule has 1 aromatic rings. The van der Waals surface area contributed by atoms with E-state index in [-0.39, 0.29) is 11.7 Å². The maximum atomic E-state index is 10.6. The quantitative estimate of drug-likeness (QED) is 0.436. The van der Waals surface area contributed by atoms with E-state index in [0.717, 1.165) is 24.8 Å². The number of hydrogen-bond acceptors (Lipinski definition) is 4. The third-order valence-corrected chi connectivity index (χ3v) is 2.48. The lowest BCUT2D eigenvalue weighted by molar-refractivity contribution is -0.384. The molecule has 1 rings (SSSR count). The maximum Gasteiger partial charge on any atom is 0.269 e.